The van der Waals surface area contributed by atoms with Crippen LogP contribution in [0.15, 0.2) is 30.3 Å². The van der Waals surface area contributed by atoms with Crippen molar-refractivity contribution >= 4 is 22.8 Å². The average molecular weight is 342 g/mol. The zero-order chi connectivity index (χ0) is 18.2. The van der Waals surface area contributed by atoms with Gasteiger partial charge in [-0.2, -0.15) is 0 Å². The van der Waals surface area contributed by atoms with E-state index < -0.39 is 11.4 Å². The highest BCUT2D eigenvalue weighted by Crippen LogP contribution is 2.39. The van der Waals surface area contributed by atoms with Crippen molar-refractivity contribution in [1.82, 2.24) is 9.47 Å². The van der Waals surface area contributed by atoms with Crippen LogP contribution in [0.5, 0.6) is 0 Å². The molecule has 1 aromatic heterocycles. The maximum atomic E-state index is 13.2. The van der Waals surface area contributed by atoms with Crippen molar-refractivity contribution in [3.05, 3.63) is 36.0 Å². The van der Waals surface area contributed by atoms with Crippen molar-refractivity contribution in [1.29, 1.82) is 0 Å². The van der Waals surface area contributed by atoms with E-state index in [4.69, 9.17) is 0 Å². The number of hydrogen-bond acceptors (Lipinski definition) is 2. The molecule has 25 heavy (non-hydrogen) atoms. The Hall–Kier alpha value is -2.30. The van der Waals surface area contributed by atoms with E-state index in [9.17, 15) is 14.7 Å². The molecule has 2 aromatic rings. The fraction of sp³-hybridized carbons (Fsp3) is 0.500. The number of rotatable bonds is 5. The second-order valence-corrected chi connectivity index (χ2v) is 7.33. The number of carboxylic acids is 1. The second kappa shape index (κ2) is 6.54. The minimum Gasteiger partial charge on any atom is -0.481 e. The topological polar surface area (TPSA) is 62.5 Å². The molecule has 1 atom stereocenters. The molecule has 0 spiro atoms. The van der Waals surface area contributed by atoms with Crippen molar-refractivity contribution in [3.63, 3.8) is 0 Å². The minimum absolute atomic E-state index is 0.00991. The molecule has 0 bridgehead atoms. The van der Waals surface area contributed by atoms with Crippen LogP contribution >= 0.6 is 0 Å². The molecule has 1 saturated heterocycles. The van der Waals surface area contributed by atoms with Crippen LogP contribution in [-0.2, 0) is 11.3 Å². The van der Waals surface area contributed by atoms with Crippen molar-refractivity contribution in [3.8, 4) is 0 Å². The maximum Gasteiger partial charge on any atom is 0.311 e. The molecule has 1 fully saturated rings. The van der Waals surface area contributed by atoms with E-state index in [0.29, 0.717) is 18.7 Å². The van der Waals surface area contributed by atoms with Crippen molar-refractivity contribution in [2.24, 2.45) is 11.3 Å². The van der Waals surface area contributed by atoms with Gasteiger partial charge >= 0.3 is 5.97 Å². The number of para-hydroxylation sites is 1. The summed E-state index contributed by atoms with van der Waals surface area (Å²) >= 11 is 0. The Morgan fingerprint density at radius 3 is 2.60 bits per heavy atom. The molecule has 1 N–H and O–H groups in total. The molecule has 2 heterocycles. The van der Waals surface area contributed by atoms with E-state index in [2.05, 4.69) is 11.5 Å². The quantitative estimate of drug-likeness (QED) is 0.902. The lowest BCUT2D eigenvalue weighted by atomic mass is 9.76. The molecule has 134 valence electrons. The number of likely N-dealkylation sites (tertiary alicyclic amines) is 1. The molecule has 0 aliphatic carbocycles. The number of nitrogens with zero attached hydrogens (tertiary/aromatic N) is 2. The summed E-state index contributed by atoms with van der Waals surface area (Å²) in [4.78, 5) is 26.7. The number of fused-ring (bicyclic) bond motifs is 1. The lowest BCUT2D eigenvalue weighted by Gasteiger charge is -2.28. The van der Waals surface area contributed by atoms with Gasteiger partial charge in [0, 0.05) is 30.5 Å². The summed E-state index contributed by atoms with van der Waals surface area (Å²) in [5.41, 5.74) is 0.880. The Labute approximate surface area is 148 Å². The smallest absolute Gasteiger partial charge is 0.311 e. The predicted octanol–water partition coefficient (Wildman–Crippen LogP) is 3.62. The maximum absolute atomic E-state index is 13.2. The fourth-order valence-electron chi connectivity index (χ4n) is 3.91. The molecule has 5 nitrogen and oxygen atoms in total. The summed E-state index contributed by atoms with van der Waals surface area (Å²) in [5, 5.41) is 10.8. The number of hydrogen-bond donors (Lipinski definition) is 1. The summed E-state index contributed by atoms with van der Waals surface area (Å²) in [6, 6.07) is 9.92. The van der Waals surface area contributed by atoms with E-state index in [1.54, 1.807) is 4.90 Å². The number of carbonyl (C=O) groups is 2. The number of carbonyl (C=O) groups excluding carboxylic acids is 1. The average Bonchev–Trinajstić information content (AvgIpc) is 3.18. The molecule has 3 rings (SSSR count). The third-order valence-electron chi connectivity index (χ3n) is 5.60. The van der Waals surface area contributed by atoms with Gasteiger partial charge in [-0.25, -0.2) is 0 Å². The SMILES string of the molecule is CCCn1c(C(=O)N2CCC(C(=O)O)(C(C)C)C2)cc2ccccc21. The largest absolute Gasteiger partial charge is 0.481 e. The van der Waals surface area contributed by atoms with E-state index in [0.717, 1.165) is 23.9 Å². The highest BCUT2D eigenvalue weighted by Gasteiger charge is 2.48. The van der Waals surface area contributed by atoms with Crippen LogP contribution in [0.1, 0.15) is 44.1 Å². The summed E-state index contributed by atoms with van der Waals surface area (Å²) in [6.07, 6.45) is 1.45. The highest BCUT2D eigenvalue weighted by molar-refractivity contribution is 5.99. The van der Waals surface area contributed by atoms with E-state index in [1.807, 2.05) is 44.2 Å². The fourth-order valence-corrected chi connectivity index (χ4v) is 3.91. The molecule has 0 radical (unpaired) electrons. The lowest BCUT2D eigenvalue weighted by Crippen LogP contribution is -2.41. The first-order valence-corrected chi connectivity index (χ1v) is 9.01. The van der Waals surface area contributed by atoms with Crippen molar-refractivity contribution in [2.45, 2.75) is 40.2 Å². The Balaban J connectivity index is 1.95. The third-order valence-corrected chi connectivity index (χ3v) is 5.60. The van der Waals surface area contributed by atoms with Crippen molar-refractivity contribution in [2.75, 3.05) is 13.1 Å². The molecule has 1 amide bonds. The summed E-state index contributed by atoms with van der Waals surface area (Å²) in [5.74, 6) is -0.871. The first kappa shape index (κ1) is 17.5. The predicted molar refractivity (Wildman–Crippen MR) is 97.7 cm³/mol. The van der Waals surface area contributed by atoms with Crippen molar-refractivity contribution < 1.29 is 14.7 Å². The summed E-state index contributed by atoms with van der Waals surface area (Å²) in [6.45, 7) is 7.50. The number of aromatic nitrogens is 1. The van der Waals surface area contributed by atoms with Gasteiger partial charge in [0.25, 0.3) is 5.91 Å². The number of aliphatic carboxylic acids is 1. The van der Waals surface area contributed by atoms with Gasteiger partial charge in [0.05, 0.1) is 5.41 Å². The molecular weight excluding hydrogens is 316 g/mol. The van der Waals surface area contributed by atoms with Gasteiger partial charge < -0.3 is 14.6 Å². The monoisotopic (exact) mass is 342 g/mol. The van der Waals surface area contributed by atoms with Crippen LogP contribution < -0.4 is 0 Å². The Morgan fingerprint density at radius 1 is 1.28 bits per heavy atom. The normalized spacial score (nSPS) is 20.6. The van der Waals surface area contributed by atoms with Crippen LogP contribution in [0.2, 0.25) is 0 Å². The number of carboxylic acid groups (broad SMARTS) is 1. The van der Waals surface area contributed by atoms with E-state index in [1.165, 1.54) is 0 Å². The zero-order valence-corrected chi connectivity index (χ0v) is 15.2. The van der Waals surface area contributed by atoms with Gasteiger partial charge in [-0.1, -0.05) is 39.0 Å². The first-order valence-electron chi connectivity index (χ1n) is 9.01. The number of benzene rings is 1. The minimum atomic E-state index is -0.836. The van der Waals surface area contributed by atoms with Crippen LogP contribution in [-0.4, -0.2) is 39.5 Å². The summed E-state index contributed by atoms with van der Waals surface area (Å²) in [7, 11) is 0. The Bertz CT molecular complexity index is 808. The number of aryl methyl sites for hydroxylation is 1. The van der Waals surface area contributed by atoms with Gasteiger partial charge in [-0.3, -0.25) is 9.59 Å². The standard InChI is InChI=1S/C20H26N2O3/c1-4-10-22-16-8-6-5-7-15(16)12-17(22)18(23)21-11-9-20(13-21,14(2)3)19(24)25/h5-8,12,14H,4,9-11,13H2,1-3H3,(H,24,25). The molecule has 1 aliphatic rings. The molecule has 1 unspecified atom stereocenters. The summed E-state index contributed by atoms with van der Waals surface area (Å²) < 4.78 is 2.06. The van der Waals surface area contributed by atoms with E-state index in [-0.39, 0.29) is 18.4 Å². The van der Waals surface area contributed by atoms with Gasteiger partial charge in [0.2, 0.25) is 0 Å². The number of amides is 1. The first-order chi connectivity index (χ1) is 11.9. The molecular formula is C20H26N2O3. The Morgan fingerprint density at radius 2 is 2.00 bits per heavy atom. The van der Waals surface area contributed by atoms with Gasteiger partial charge in [0.1, 0.15) is 5.69 Å². The van der Waals surface area contributed by atoms with Crippen LogP contribution in [0.25, 0.3) is 10.9 Å². The van der Waals surface area contributed by atoms with Crippen LogP contribution in [0, 0.1) is 11.3 Å². The molecule has 0 saturated carbocycles. The Kier molecular flexibility index (Phi) is 4.58. The highest BCUT2D eigenvalue weighted by atomic mass is 16.4. The zero-order valence-electron chi connectivity index (χ0n) is 15.2. The van der Waals surface area contributed by atoms with Gasteiger partial charge in [0.15, 0.2) is 0 Å². The van der Waals surface area contributed by atoms with Gasteiger partial charge in [-0.05, 0) is 30.9 Å². The third kappa shape index (κ3) is 2.81. The van der Waals surface area contributed by atoms with Crippen LogP contribution in [0.4, 0.5) is 0 Å². The second-order valence-electron chi connectivity index (χ2n) is 7.33. The van der Waals surface area contributed by atoms with Crippen LogP contribution in [0.3, 0.4) is 0 Å². The molecule has 5 heteroatoms. The van der Waals surface area contributed by atoms with Gasteiger partial charge in [-0.15, -0.1) is 0 Å². The van der Waals surface area contributed by atoms with E-state index >= 15 is 0 Å². The molecule has 1 aliphatic heterocycles. The lowest BCUT2D eigenvalue weighted by molar-refractivity contribution is -0.150. The molecule has 1 aromatic carbocycles.